The van der Waals surface area contributed by atoms with Crippen LogP contribution in [0.1, 0.15) is 33.2 Å². The number of esters is 1. The van der Waals surface area contributed by atoms with E-state index in [1.165, 1.54) is 24.5 Å². The Kier molecular flexibility index (Phi) is 6.12. The number of carbonyl (C=O) groups excluding carboxylic acids is 1. The second kappa shape index (κ2) is 9.68. The molecule has 0 amide bonds. The number of hydrogen-bond donors (Lipinski definition) is 1. The lowest BCUT2D eigenvalue weighted by molar-refractivity contribution is 0.0701. The fraction of sp³-hybridized carbons (Fsp3) is 0.0714. The van der Waals surface area contributed by atoms with Crippen LogP contribution < -0.4 is 19.9 Å². The highest BCUT2D eigenvalue weighted by Crippen LogP contribution is 2.43. The van der Waals surface area contributed by atoms with Gasteiger partial charge in [-0.05, 0) is 42.0 Å². The van der Waals surface area contributed by atoms with Crippen LogP contribution in [0.15, 0.2) is 101 Å². The summed E-state index contributed by atoms with van der Waals surface area (Å²) < 4.78 is 35.7. The lowest BCUT2D eigenvalue weighted by atomic mass is 9.83. The average molecular weight is 482 g/mol. The zero-order valence-electron chi connectivity index (χ0n) is 18.8. The van der Waals surface area contributed by atoms with Crippen LogP contribution >= 0.6 is 0 Å². The Morgan fingerprint density at radius 1 is 1.03 bits per heavy atom. The number of nitrogens with zero attached hydrogens (tertiary/aromatic N) is 1. The molecule has 1 aliphatic rings. The molecule has 2 heterocycles. The predicted octanol–water partition coefficient (Wildman–Crippen LogP) is 5.44. The fourth-order valence-corrected chi connectivity index (χ4v) is 3.93. The van der Waals surface area contributed by atoms with E-state index < -0.39 is 11.9 Å². The Morgan fingerprint density at radius 2 is 1.81 bits per heavy atom. The van der Waals surface area contributed by atoms with Crippen LogP contribution in [0.3, 0.4) is 0 Å². The van der Waals surface area contributed by atoms with Crippen LogP contribution in [0.4, 0.5) is 4.39 Å². The van der Waals surface area contributed by atoms with Gasteiger partial charge in [-0.1, -0.05) is 36.4 Å². The van der Waals surface area contributed by atoms with Crippen molar-refractivity contribution < 1.29 is 27.8 Å². The highest BCUT2D eigenvalue weighted by molar-refractivity contribution is 5.88. The van der Waals surface area contributed by atoms with Crippen molar-refractivity contribution in [2.75, 3.05) is 0 Å². The van der Waals surface area contributed by atoms with E-state index in [2.05, 4.69) is 6.07 Å². The van der Waals surface area contributed by atoms with Crippen LogP contribution in [0.25, 0.3) is 0 Å². The second-order valence-electron chi connectivity index (χ2n) is 7.94. The van der Waals surface area contributed by atoms with E-state index >= 15 is 0 Å². The summed E-state index contributed by atoms with van der Waals surface area (Å²) in [7, 11) is 0. The van der Waals surface area contributed by atoms with E-state index in [0.717, 1.165) is 5.56 Å². The molecular formula is C28H19FN2O5. The van der Waals surface area contributed by atoms with Gasteiger partial charge in [0.25, 0.3) is 0 Å². The van der Waals surface area contributed by atoms with Gasteiger partial charge in [-0.15, -0.1) is 0 Å². The molecule has 0 saturated carbocycles. The molecule has 178 valence electrons. The molecular weight excluding hydrogens is 463 g/mol. The Balaban J connectivity index is 1.39. The summed E-state index contributed by atoms with van der Waals surface area (Å²) in [5.74, 6) is -0.320. The maximum Gasteiger partial charge on any atom is 0.379 e. The summed E-state index contributed by atoms with van der Waals surface area (Å²) in [4.78, 5) is 12.2. The first kappa shape index (κ1) is 22.7. The third-order valence-corrected chi connectivity index (χ3v) is 5.69. The zero-order valence-corrected chi connectivity index (χ0v) is 18.8. The van der Waals surface area contributed by atoms with Gasteiger partial charge >= 0.3 is 5.97 Å². The summed E-state index contributed by atoms with van der Waals surface area (Å²) in [6.07, 6.45) is 1.38. The summed E-state index contributed by atoms with van der Waals surface area (Å²) in [5.41, 5.74) is 8.23. The first-order valence-electron chi connectivity index (χ1n) is 11.0. The molecule has 8 heteroatoms. The SMILES string of the molecule is N#CC1=C(N)Oc2cc(OC(=O)c3ccco3)ccc2C1c1ccc(OCc2ccccc2F)cc1. The molecule has 4 aromatic rings. The predicted molar refractivity (Wildman–Crippen MR) is 127 cm³/mol. The van der Waals surface area contributed by atoms with Crippen LogP contribution in [0, 0.1) is 17.1 Å². The molecule has 0 bridgehead atoms. The number of hydrogen-bond acceptors (Lipinski definition) is 7. The monoisotopic (exact) mass is 482 g/mol. The van der Waals surface area contributed by atoms with Crippen molar-refractivity contribution in [3.05, 3.63) is 125 Å². The first-order valence-corrected chi connectivity index (χ1v) is 11.0. The number of rotatable bonds is 6. The summed E-state index contributed by atoms with van der Waals surface area (Å²) in [5, 5.41) is 9.78. The van der Waals surface area contributed by atoms with Crippen molar-refractivity contribution in [2.24, 2.45) is 5.73 Å². The number of furan rings is 1. The Labute approximate surface area is 205 Å². The lowest BCUT2D eigenvalue weighted by Gasteiger charge is -2.26. The van der Waals surface area contributed by atoms with Crippen LogP contribution in [-0.2, 0) is 6.61 Å². The van der Waals surface area contributed by atoms with Crippen LogP contribution in [0.2, 0.25) is 0 Å². The highest BCUT2D eigenvalue weighted by atomic mass is 19.1. The van der Waals surface area contributed by atoms with E-state index in [0.29, 0.717) is 22.6 Å². The molecule has 0 radical (unpaired) electrons. The van der Waals surface area contributed by atoms with Gasteiger partial charge in [-0.25, -0.2) is 9.18 Å². The maximum absolute atomic E-state index is 13.9. The Bertz CT molecular complexity index is 1490. The van der Waals surface area contributed by atoms with Gasteiger partial charge in [0.15, 0.2) is 0 Å². The van der Waals surface area contributed by atoms with Gasteiger partial charge < -0.3 is 24.4 Å². The van der Waals surface area contributed by atoms with Gasteiger partial charge in [0.05, 0.1) is 12.2 Å². The molecule has 5 rings (SSSR count). The van der Waals surface area contributed by atoms with E-state index in [9.17, 15) is 14.4 Å². The number of nitriles is 1. The fourth-order valence-electron chi connectivity index (χ4n) is 3.93. The number of nitrogens with two attached hydrogens (primary N) is 1. The van der Waals surface area contributed by atoms with Crippen molar-refractivity contribution in [3.8, 4) is 23.3 Å². The van der Waals surface area contributed by atoms with Crippen molar-refractivity contribution in [1.82, 2.24) is 0 Å². The minimum absolute atomic E-state index is 0.0376. The molecule has 1 aliphatic heterocycles. The second-order valence-corrected chi connectivity index (χ2v) is 7.94. The molecule has 36 heavy (non-hydrogen) atoms. The molecule has 1 unspecified atom stereocenters. The van der Waals surface area contributed by atoms with Crippen molar-refractivity contribution >= 4 is 5.97 Å². The van der Waals surface area contributed by atoms with Gasteiger partial charge in [0.1, 0.15) is 41.3 Å². The van der Waals surface area contributed by atoms with Crippen LogP contribution in [-0.4, -0.2) is 5.97 Å². The van der Waals surface area contributed by atoms with Crippen molar-refractivity contribution in [1.29, 1.82) is 5.26 Å². The third kappa shape index (κ3) is 4.50. The third-order valence-electron chi connectivity index (χ3n) is 5.69. The van der Waals surface area contributed by atoms with Crippen molar-refractivity contribution in [2.45, 2.75) is 12.5 Å². The molecule has 2 N–H and O–H groups in total. The molecule has 1 atom stereocenters. The van der Waals surface area contributed by atoms with E-state index in [1.807, 2.05) is 12.1 Å². The van der Waals surface area contributed by atoms with Gasteiger partial charge in [0.2, 0.25) is 11.6 Å². The molecule has 1 aromatic heterocycles. The maximum atomic E-state index is 13.9. The number of fused-ring (bicyclic) bond motifs is 1. The molecule has 0 aliphatic carbocycles. The number of carbonyl (C=O) groups is 1. The minimum Gasteiger partial charge on any atom is -0.489 e. The van der Waals surface area contributed by atoms with Crippen LogP contribution in [0.5, 0.6) is 17.2 Å². The molecule has 0 spiro atoms. The van der Waals surface area contributed by atoms with E-state index in [1.54, 1.807) is 48.5 Å². The molecule has 0 saturated heterocycles. The summed E-state index contributed by atoms with van der Waals surface area (Å²) >= 11 is 0. The quantitative estimate of drug-likeness (QED) is 0.288. The Hall–Kier alpha value is -5.03. The summed E-state index contributed by atoms with van der Waals surface area (Å²) in [6, 6.07) is 23.6. The first-order chi connectivity index (χ1) is 17.5. The van der Waals surface area contributed by atoms with Gasteiger partial charge in [0, 0.05) is 17.2 Å². The van der Waals surface area contributed by atoms with Crippen molar-refractivity contribution in [3.63, 3.8) is 0 Å². The number of halogens is 1. The van der Waals surface area contributed by atoms with E-state index in [-0.39, 0.29) is 35.4 Å². The number of allylic oxidation sites excluding steroid dienone is 1. The number of benzene rings is 3. The standard InChI is InChI=1S/C28H19FN2O5/c29-23-5-2-1-4-18(23)16-34-19-9-7-17(8-10-19)26-21-12-11-20(35-28(32)24-6-3-13-33-24)14-25(21)36-27(31)22(26)15-30/h1-14,26H,16,31H2. The topological polar surface area (TPSA) is 108 Å². The summed E-state index contributed by atoms with van der Waals surface area (Å²) in [6.45, 7) is 0.0852. The lowest BCUT2D eigenvalue weighted by Crippen LogP contribution is -2.21. The zero-order chi connectivity index (χ0) is 25.1. The Morgan fingerprint density at radius 3 is 2.53 bits per heavy atom. The number of ether oxygens (including phenoxy) is 3. The normalized spacial score (nSPS) is 14.4. The molecule has 3 aromatic carbocycles. The largest absolute Gasteiger partial charge is 0.489 e. The average Bonchev–Trinajstić information content (AvgIpc) is 3.43. The minimum atomic E-state index is -0.653. The van der Waals surface area contributed by atoms with E-state index in [4.69, 9.17) is 24.4 Å². The smallest absolute Gasteiger partial charge is 0.379 e. The highest BCUT2D eigenvalue weighted by Gasteiger charge is 2.31. The molecule has 7 nitrogen and oxygen atoms in total. The van der Waals surface area contributed by atoms with Gasteiger partial charge in [-0.2, -0.15) is 5.26 Å². The molecule has 0 fully saturated rings. The van der Waals surface area contributed by atoms with Gasteiger partial charge in [-0.3, -0.25) is 0 Å².